The molecule has 4 nitrogen and oxygen atoms in total. The van der Waals surface area contributed by atoms with Crippen molar-refractivity contribution in [2.45, 2.75) is 0 Å². The van der Waals surface area contributed by atoms with Crippen molar-refractivity contribution in [1.82, 2.24) is 14.2 Å². The lowest BCUT2D eigenvalue weighted by Crippen LogP contribution is -2.18. The van der Waals surface area contributed by atoms with Crippen molar-refractivity contribution < 1.29 is 0 Å². The van der Waals surface area contributed by atoms with Crippen molar-refractivity contribution in [3.63, 3.8) is 0 Å². The van der Waals surface area contributed by atoms with Gasteiger partial charge in [-0.1, -0.05) is 0 Å². The van der Waals surface area contributed by atoms with Gasteiger partial charge in [0.15, 0.2) is 0 Å². The molecule has 0 amide bonds. The maximum absolute atomic E-state index is 11.4. The Balaban J connectivity index is 3.07. The molecule has 0 aliphatic heterocycles. The Kier molecular flexibility index (Phi) is 1.54. The maximum Gasteiger partial charge on any atom is 0.276 e. The monoisotopic (exact) mass is 227 g/mol. The minimum atomic E-state index is -0.0456. The summed E-state index contributed by atoms with van der Waals surface area (Å²) < 4.78 is 3.84. The highest BCUT2D eigenvalue weighted by atomic mass is 79.9. The van der Waals surface area contributed by atoms with E-state index in [2.05, 4.69) is 21.0 Å². The Morgan fingerprint density at radius 3 is 3.08 bits per heavy atom. The van der Waals surface area contributed by atoms with Crippen LogP contribution in [0, 0.1) is 0 Å². The fraction of sp³-hybridized carbons (Fsp3) is 0.143. The molecule has 0 fully saturated rings. The van der Waals surface area contributed by atoms with Gasteiger partial charge in [0, 0.05) is 13.2 Å². The molecule has 0 radical (unpaired) electrons. The van der Waals surface area contributed by atoms with E-state index in [-0.39, 0.29) is 5.56 Å². The van der Waals surface area contributed by atoms with Crippen LogP contribution in [-0.2, 0) is 7.05 Å². The summed E-state index contributed by atoms with van der Waals surface area (Å²) in [5.41, 5.74) is 0.530. The van der Waals surface area contributed by atoms with Crippen molar-refractivity contribution >= 4 is 21.4 Å². The van der Waals surface area contributed by atoms with Gasteiger partial charge in [0.25, 0.3) is 5.56 Å². The minimum absolute atomic E-state index is 0.0456. The van der Waals surface area contributed by atoms with Crippen LogP contribution < -0.4 is 5.56 Å². The number of hydrogen-bond acceptors (Lipinski definition) is 2. The molecule has 2 aromatic heterocycles. The zero-order valence-electron chi connectivity index (χ0n) is 6.36. The molecule has 12 heavy (non-hydrogen) atoms. The number of hydrogen-bond donors (Lipinski definition) is 0. The summed E-state index contributed by atoms with van der Waals surface area (Å²) in [6, 6.07) is 1.69. The van der Waals surface area contributed by atoms with Crippen molar-refractivity contribution in [3.8, 4) is 0 Å². The predicted molar refractivity (Wildman–Crippen MR) is 48.1 cm³/mol. The van der Waals surface area contributed by atoms with E-state index in [0.717, 1.165) is 4.60 Å². The molecule has 0 aliphatic carbocycles. The average molecular weight is 228 g/mol. The molecule has 0 spiro atoms. The Bertz CT molecular complexity index is 485. The number of rotatable bonds is 0. The van der Waals surface area contributed by atoms with Crippen LogP contribution in [-0.4, -0.2) is 14.2 Å². The van der Waals surface area contributed by atoms with E-state index < -0.39 is 0 Å². The largest absolute Gasteiger partial charge is 0.314 e. The minimum Gasteiger partial charge on any atom is -0.314 e. The first kappa shape index (κ1) is 7.54. The van der Waals surface area contributed by atoms with Crippen LogP contribution in [0.25, 0.3) is 5.52 Å². The van der Waals surface area contributed by atoms with E-state index >= 15 is 0 Å². The predicted octanol–water partition coefficient (Wildman–Crippen LogP) is 0.795. The van der Waals surface area contributed by atoms with E-state index in [9.17, 15) is 4.79 Å². The zero-order chi connectivity index (χ0) is 8.72. The van der Waals surface area contributed by atoms with Crippen molar-refractivity contribution in [1.29, 1.82) is 0 Å². The van der Waals surface area contributed by atoms with E-state index in [4.69, 9.17) is 0 Å². The number of aryl methyl sites for hydroxylation is 1. The molecule has 2 aromatic rings. The number of halogens is 1. The Morgan fingerprint density at radius 2 is 2.33 bits per heavy atom. The second kappa shape index (κ2) is 2.45. The van der Waals surface area contributed by atoms with E-state index in [1.54, 1.807) is 30.0 Å². The van der Waals surface area contributed by atoms with Gasteiger partial charge < -0.3 is 4.57 Å². The SMILES string of the molecule is Cn1cc(Br)n2nccc2c1=O. The molecule has 0 saturated carbocycles. The quantitative estimate of drug-likeness (QED) is 0.668. The molecule has 0 N–H and O–H groups in total. The summed E-state index contributed by atoms with van der Waals surface area (Å²) in [5, 5.41) is 3.98. The van der Waals surface area contributed by atoms with Gasteiger partial charge in [0.05, 0.1) is 6.20 Å². The molecular formula is C7H6BrN3O. The third-order valence-corrected chi connectivity index (χ3v) is 2.23. The van der Waals surface area contributed by atoms with E-state index in [0.29, 0.717) is 5.52 Å². The van der Waals surface area contributed by atoms with Crippen LogP contribution in [0.3, 0.4) is 0 Å². The van der Waals surface area contributed by atoms with Gasteiger partial charge in [-0.3, -0.25) is 4.79 Å². The van der Waals surface area contributed by atoms with Crippen LogP contribution in [0.4, 0.5) is 0 Å². The molecule has 62 valence electrons. The summed E-state index contributed by atoms with van der Waals surface area (Å²) >= 11 is 3.30. The molecule has 0 unspecified atom stereocenters. The number of fused-ring (bicyclic) bond motifs is 1. The molecule has 0 aromatic carbocycles. The first-order valence-electron chi connectivity index (χ1n) is 3.39. The Hall–Kier alpha value is -1.10. The highest BCUT2D eigenvalue weighted by Gasteiger charge is 2.03. The lowest BCUT2D eigenvalue weighted by atomic mass is 10.5. The lowest BCUT2D eigenvalue weighted by molar-refractivity contribution is 0.805. The van der Waals surface area contributed by atoms with Crippen LogP contribution >= 0.6 is 15.9 Å². The van der Waals surface area contributed by atoms with Crippen molar-refractivity contribution in [2.75, 3.05) is 0 Å². The van der Waals surface area contributed by atoms with E-state index in [1.807, 2.05) is 0 Å². The number of aromatic nitrogens is 3. The molecule has 0 saturated heterocycles. The lowest BCUT2D eigenvalue weighted by Gasteiger charge is -2.00. The molecular weight excluding hydrogens is 222 g/mol. The number of nitrogens with zero attached hydrogens (tertiary/aromatic N) is 3. The van der Waals surface area contributed by atoms with Gasteiger partial charge >= 0.3 is 0 Å². The van der Waals surface area contributed by atoms with E-state index in [1.165, 1.54) is 4.57 Å². The summed E-state index contributed by atoms with van der Waals surface area (Å²) in [5.74, 6) is 0. The summed E-state index contributed by atoms with van der Waals surface area (Å²) in [4.78, 5) is 11.4. The van der Waals surface area contributed by atoms with Gasteiger partial charge in [0.2, 0.25) is 0 Å². The summed E-state index contributed by atoms with van der Waals surface area (Å²) in [6.07, 6.45) is 3.28. The molecule has 2 heterocycles. The maximum atomic E-state index is 11.4. The highest BCUT2D eigenvalue weighted by molar-refractivity contribution is 9.10. The third-order valence-electron chi connectivity index (χ3n) is 1.68. The molecule has 5 heteroatoms. The van der Waals surface area contributed by atoms with Gasteiger partial charge in [-0.15, -0.1) is 0 Å². The average Bonchev–Trinajstić information content (AvgIpc) is 2.48. The third kappa shape index (κ3) is 0.896. The topological polar surface area (TPSA) is 39.3 Å². The van der Waals surface area contributed by atoms with Gasteiger partial charge in [-0.05, 0) is 22.0 Å². The highest BCUT2D eigenvalue weighted by Crippen LogP contribution is 2.07. The summed E-state index contributed by atoms with van der Waals surface area (Å²) in [7, 11) is 1.71. The first-order valence-corrected chi connectivity index (χ1v) is 4.18. The van der Waals surface area contributed by atoms with Gasteiger partial charge in [-0.25, -0.2) is 4.52 Å². The second-order valence-corrected chi connectivity index (χ2v) is 3.31. The van der Waals surface area contributed by atoms with Crippen molar-refractivity contribution in [3.05, 3.63) is 33.4 Å². The van der Waals surface area contributed by atoms with Gasteiger partial charge in [-0.2, -0.15) is 5.10 Å². The second-order valence-electron chi connectivity index (χ2n) is 2.50. The Morgan fingerprint density at radius 1 is 1.58 bits per heavy atom. The summed E-state index contributed by atoms with van der Waals surface area (Å²) in [6.45, 7) is 0. The Labute approximate surface area is 76.6 Å². The van der Waals surface area contributed by atoms with Crippen LogP contribution in [0.15, 0.2) is 27.9 Å². The van der Waals surface area contributed by atoms with Crippen LogP contribution in [0.1, 0.15) is 0 Å². The van der Waals surface area contributed by atoms with Gasteiger partial charge in [0.1, 0.15) is 10.1 Å². The smallest absolute Gasteiger partial charge is 0.276 e. The molecule has 2 rings (SSSR count). The normalized spacial score (nSPS) is 10.8. The molecule has 0 bridgehead atoms. The van der Waals surface area contributed by atoms with Crippen LogP contribution in [0.2, 0.25) is 0 Å². The fourth-order valence-electron chi connectivity index (χ4n) is 1.09. The standard InChI is InChI=1S/C7H6BrN3O/c1-10-4-6(8)11-5(7(10)12)2-3-9-11/h2-4H,1H3. The molecule has 0 aliphatic rings. The molecule has 0 atom stereocenters. The van der Waals surface area contributed by atoms with Crippen LogP contribution in [0.5, 0.6) is 0 Å². The van der Waals surface area contributed by atoms with Crippen molar-refractivity contribution in [2.24, 2.45) is 7.05 Å². The zero-order valence-corrected chi connectivity index (χ0v) is 7.95. The fourth-order valence-corrected chi connectivity index (χ4v) is 1.68. The first-order chi connectivity index (χ1) is 5.70.